The van der Waals surface area contributed by atoms with Crippen LogP contribution in [0.1, 0.15) is 10.4 Å². The maximum absolute atomic E-state index is 11.9. The zero-order valence-electron chi connectivity index (χ0n) is 11.0. The minimum absolute atomic E-state index is 0.0518. The van der Waals surface area contributed by atoms with Gasteiger partial charge in [0.15, 0.2) is 6.61 Å². The molecule has 0 fully saturated rings. The van der Waals surface area contributed by atoms with Crippen LogP contribution < -0.4 is 15.8 Å². The number of nitrogen functional groups attached to an aromatic ring is 1. The van der Waals surface area contributed by atoms with Gasteiger partial charge in [0.05, 0.1) is 7.11 Å². The second-order valence-corrected chi connectivity index (χ2v) is 3.89. The fourth-order valence-corrected chi connectivity index (χ4v) is 1.38. The van der Waals surface area contributed by atoms with Crippen LogP contribution in [0.15, 0.2) is 18.2 Å². The average molecular weight is 306 g/mol. The van der Waals surface area contributed by atoms with Crippen molar-refractivity contribution < 1.29 is 32.2 Å². The van der Waals surface area contributed by atoms with Crippen LogP contribution >= 0.6 is 0 Å². The van der Waals surface area contributed by atoms with Gasteiger partial charge in [0.2, 0.25) is 0 Å². The highest BCUT2D eigenvalue weighted by Crippen LogP contribution is 2.25. The molecule has 9 heteroatoms. The van der Waals surface area contributed by atoms with Crippen LogP contribution in [0.2, 0.25) is 0 Å². The Bertz CT molecular complexity index is 532. The fraction of sp³-hybridized carbons (Fsp3) is 0.333. The van der Waals surface area contributed by atoms with Crippen LogP contribution in [-0.2, 0) is 9.53 Å². The summed E-state index contributed by atoms with van der Waals surface area (Å²) in [5.41, 5.74) is 5.56. The number of hydrogen-bond acceptors (Lipinski definition) is 5. The van der Waals surface area contributed by atoms with E-state index in [1.807, 2.05) is 0 Å². The van der Waals surface area contributed by atoms with E-state index in [1.54, 1.807) is 5.32 Å². The number of amides is 1. The second kappa shape index (κ2) is 6.82. The van der Waals surface area contributed by atoms with Gasteiger partial charge in [-0.3, -0.25) is 4.79 Å². The van der Waals surface area contributed by atoms with Crippen molar-refractivity contribution in [3.05, 3.63) is 23.8 Å². The van der Waals surface area contributed by atoms with E-state index in [0.29, 0.717) is 0 Å². The predicted molar refractivity (Wildman–Crippen MR) is 66.8 cm³/mol. The Hall–Kier alpha value is -2.45. The molecule has 0 bridgehead atoms. The number of methoxy groups -OCH3 is 1. The first-order valence-electron chi connectivity index (χ1n) is 5.67. The lowest BCUT2D eigenvalue weighted by Crippen LogP contribution is -2.36. The number of carbonyl (C=O) groups excluding carboxylic acids is 2. The first kappa shape index (κ1) is 16.6. The van der Waals surface area contributed by atoms with Gasteiger partial charge < -0.3 is 20.5 Å². The quantitative estimate of drug-likeness (QED) is 0.628. The molecule has 1 amide bonds. The SMILES string of the molecule is COC(=O)c1c(N)cccc1OCC(=O)NCC(F)(F)F. The van der Waals surface area contributed by atoms with Gasteiger partial charge >= 0.3 is 12.1 Å². The predicted octanol–water partition coefficient (Wildman–Crippen LogP) is 1.11. The number of carbonyl (C=O) groups is 2. The topological polar surface area (TPSA) is 90.7 Å². The molecule has 0 aromatic heterocycles. The molecule has 0 aliphatic carbocycles. The summed E-state index contributed by atoms with van der Waals surface area (Å²) in [7, 11) is 1.13. The van der Waals surface area contributed by atoms with Crippen LogP contribution in [0.5, 0.6) is 5.75 Å². The number of ether oxygens (including phenoxy) is 2. The van der Waals surface area contributed by atoms with E-state index in [1.165, 1.54) is 18.2 Å². The number of esters is 1. The first-order valence-corrected chi connectivity index (χ1v) is 5.67. The van der Waals surface area contributed by atoms with Crippen molar-refractivity contribution in [2.45, 2.75) is 6.18 Å². The maximum atomic E-state index is 11.9. The van der Waals surface area contributed by atoms with Gasteiger partial charge in [0.1, 0.15) is 17.9 Å². The number of hydrogen-bond donors (Lipinski definition) is 2. The number of nitrogens with two attached hydrogens (primary N) is 1. The molecule has 0 radical (unpaired) electrons. The van der Waals surface area contributed by atoms with E-state index >= 15 is 0 Å². The number of halogens is 3. The smallest absolute Gasteiger partial charge is 0.405 e. The van der Waals surface area contributed by atoms with Crippen LogP contribution in [0.25, 0.3) is 0 Å². The van der Waals surface area contributed by atoms with Gasteiger partial charge in [-0.2, -0.15) is 13.2 Å². The molecule has 0 saturated carbocycles. The van der Waals surface area contributed by atoms with Crippen LogP contribution in [0.4, 0.5) is 18.9 Å². The lowest BCUT2D eigenvalue weighted by Gasteiger charge is -2.12. The monoisotopic (exact) mass is 306 g/mol. The molecule has 0 unspecified atom stereocenters. The molecule has 116 valence electrons. The van der Waals surface area contributed by atoms with Gasteiger partial charge in [-0.15, -0.1) is 0 Å². The third kappa shape index (κ3) is 5.21. The Morgan fingerprint density at radius 2 is 2.00 bits per heavy atom. The first-order chi connectivity index (χ1) is 9.74. The highest BCUT2D eigenvalue weighted by atomic mass is 19.4. The summed E-state index contributed by atoms with van der Waals surface area (Å²) in [5.74, 6) is -1.81. The zero-order chi connectivity index (χ0) is 16.0. The minimum Gasteiger partial charge on any atom is -0.483 e. The van der Waals surface area contributed by atoms with Gasteiger partial charge in [0.25, 0.3) is 5.91 Å². The second-order valence-electron chi connectivity index (χ2n) is 3.89. The highest BCUT2D eigenvalue weighted by Gasteiger charge is 2.27. The molecule has 1 aromatic carbocycles. The molecule has 0 spiro atoms. The van der Waals surface area contributed by atoms with Crippen molar-refractivity contribution in [3.8, 4) is 5.75 Å². The van der Waals surface area contributed by atoms with Crippen molar-refractivity contribution >= 4 is 17.6 Å². The van der Waals surface area contributed by atoms with Gasteiger partial charge in [-0.05, 0) is 12.1 Å². The number of alkyl halides is 3. The number of benzene rings is 1. The summed E-state index contributed by atoms with van der Waals surface area (Å²) in [5, 5.41) is 1.63. The van der Waals surface area contributed by atoms with Crippen LogP contribution in [0.3, 0.4) is 0 Å². The van der Waals surface area contributed by atoms with Crippen molar-refractivity contribution in [2.24, 2.45) is 0 Å². The zero-order valence-corrected chi connectivity index (χ0v) is 11.0. The summed E-state index contributed by atoms with van der Waals surface area (Å²) in [6.45, 7) is -2.15. The summed E-state index contributed by atoms with van der Waals surface area (Å²) >= 11 is 0. The van der Waals surface area contributed by atoms with E-state index in [-0.39, 0.29) is 17.0 Å². The molecule has 21 heavy (non-hydrogen) atoms. The standard InChI is InChI=1S/C12H13F3N2O4/c1-20-11(19)10-7(16)3-2-4-8(10)21-5-9(18)17-6-12(13,14)15/h2-4H,5-6,16H2,1H3,(H,17,18). The molecular formula is C12H13F3N2O4. The number of nitrogens with one attached hydrogen (secondary N) is 1. The Morgan fingerprint density at radius 1 is 1.33 bits per heavy atom. The van der Waals surface area contributed by atoms with Crippen LogP contribution in [0, 0.1) is 0 Å². The number of rotatable bonds is 5. The molecule has 1 rings (SSSR count). The van der Waals surface area contributed by atoms with Crippen molar-refractivity contribution in [1.82, 2.24) is 5.32 Å². The largest absolute Gasteiger partial charge is 0.483 e. The molecule has 6 nitrogen and oxygen atoms in total. The summed E-state index contributed by atoms with van der Waals surface area (Å²) < 4.78 is 45.3. The molecule has 0 saturated heterocycles. The molecular weight excluding hydrogens is 293 g/mol. The Balaban J connectivity index is 2.70. The third-order valence-electron chi connectivity index (χ3n) is 2.29. The van der Waals surface area contributed by atoms with Crippen molar-refractivity contribution in [3.63, 3.8) is 0 Å². The minimum atomic E-state index is -4.51. The Kier molecular flexibility index (Phi) is 5.39. The lowest BCUT2D eigenvalue weighted by atomic mass is 10.1. The molecule has 0 heterocycles. The Labute approximate surface area is 118 Å². The number of anilines is 1. The normalized spacial score (nSPS) is 10.9. The van der Waals surface area contributed by atoms with E-state index in [4.69, 9.17) is 10.5 Å². The van der Waals surface area contributed by atoms with Gasteiger partial charge in [-0.1, -0.05) is 6.07 Å². The van der Waals surface area contributed by atoms with Crippen molar-refractivity contribution in [2.75, 3.05) is 26.0 Å². The summed E-state index contributed by atoms with van der Waals surface area (Å²) in [4.78, 5) is 22.7. The van der Waals surface area contributed by atoms with Crippen LogP contribution in [-0.4, -0.2) is 38.3 Å². The lowest BCUT2D eigenvalue weighted by molar-refractivity contribution is -0.139. The molecule has 0 aliphatic heterocycles. The average Bonchev–Trinajstić information content (AvgIpc) is 2.41. The van der Waals surface area contributed by atoms with E-state index in [9.17, 15) is 22.8 Å². The van der Waals surface area contributed by atoms with Gasteiger partial charge in [-0.25, -0.2) is 4.79 Å². The van der Waals surface area contributed by atoms with E-state index < -0.39 is 31.2 Å². The summed E-state index contributed by atoms with van der Waals surface area (Å²) in [6, 6.07) is 4.23. The summed E-state index contributed by atoms with van der Waals surface area (Å²) in [6.07, 6.45) is -4.51. The van der Waals surface area contributed by atoms with Crippen molar-refractivity contribution in [1.29, 1.82) is 0 Å². The Morgan fingerprint density at radius 3 is 2.57 bits per heavy atom. The molecule has 0 aliphatic rings. The van der Waals surface area contributed by atoms with E-state index in [2.05, 4.69) is 4.74 Å². The molecule has 1 aromatic rings. The van der Waals surface area contributed by atoms with Gasteiger partial charge in [0, 0.05) is 5.69 Å². The van der Waals surface area contributed by atoms with E-state index in [0.717, 1.165) is 7.11 Å². The maximum Gasteiger partial charge on any atom is 0.405 e. The molecule has 3 N–H and O–H groups in total. The fourth-order valence-electron chi connectivity index (χ4n) is 1.38. The highest BCUT2D eigenvalue weighted by molar-refractivity contribution is 5.98. The molecule has 0 atom stereocenters. The third-order valence-corrected chi connectivity index (χ3v) is 2.29.